The van der Waals surface area contributed by atoms with Crippen molar-refractivity contribution < 1.29 is 28.6 Å². The van der Waals surface area contributed by atoms with Gasteiger partial charge in [-0.25, -0.2) is 0 Å². The molecule has 1 unspecified atom stereocenters. The molecule has 0 rings (SSSR count). The highest BCUT2D eigenvalue weighted by molar-refractivity contribution is 5.71. The zero-order valence-corrected chi connectivity index (χ0v) is 46.0. The molecule has 0 N–H and O–H groups in total. The fourth-order valence-electron chi connectivity index (χ4n) is 8.16. The Hall–Kier alpha value is -3.41. The van der Waals surface area contributed by atoms with E-state index in [0.29, 0.717) is 19.3 Å². The summed E-state index contributed by atoms with van der Waals surface area (Å²) in [5, 5.41) is 0. The van der Waals surface area contributed by atoms with E-state index < -0.39 is 6.10 Å². The Morgan fingerprint density at radius 2 is 0.557 bits per heavy atom. The van der Waals surface area contributed by atoms with Gasteiger partial charge < -0.3 is 14.2 Å². The largest absolute Gasteiger partial charge is 0.462 e. The minimum atomic E-state index is -0.791. The van der Waals surface area contributed by atoms with Gasteiger partial charge in [-0.2, -0.15) is 0 Å². The van der Waals surface area contributed by atoms with Crippen LogP contribution >= 0.6 is 0 Å². The van der Waals surface area contributed by atoms with Crippen LogP contribution < -0.4 is 0 Å². The lowest BCUT2D eigenvalue weighted by Gasteiger charge is -2.18. The van der Waals surface area contributed by atoms with Gasteiger partial charge in [0.15, 0.2) is 6.10 Å². The third-order valence-corrected chi connectivity index (χ3v) is 12.6. The SMILES string of the molecule is CC/C=C\C/C=C\C/C=C\CCCCCCCCCC(=O)OC(COC(=O)CCCCCCC/C=C\C/C=C\CCCCCC)COC(=O)CCCCCCCCCCC/C=C\C/C=C\CCCCC. The summed E-state index contributed by atoms with van der Waals surface area (Å²) >= 11 is 0. The van der Waals surface area contributed by atoms with Crippen LogP contribution in [0, 0.1) is 0 Å². The lowest BCUT2D eigenvalue weighted by molar-refractivity contribution is -0.167. The Morgan fingerprint density at radius 1 is 0.300 bits per heavy atom. The van der Waals surface area contributed by atoms with Crippen molar-refractivity contribution >= 4 is 17.9 Å². The fraction of sp³-hybridized carbons (Fsp3) is 0.734. The van der Waals surface area contributed by atoms with Crippen LogP contribution in [-0.4, -0.2) is 37.2 Å². The molecule has 70 heavy (non-hydrogen) atoms. The van der Waals surface area contributed by atoms with Crippen molar-refractivity contribution in [1.29, 1.82) is 0 Å². The molecule has 0 heterocycles. The Morgan fingerprint density at radius 3 is 0.900 bits per heavy atom. The van der Waals surface area contributed by atoms with E-state index in [4.69, 9.17) is 14.2 Å². The van der Waals surface area contributed by atoms with Crippen LogP contribution in [0.5, 0.6) is 0 Å². The van der Waals surface area contributed by atoms with Crippen LogP contribution in [-0.2, 0) is 28.6 Å². The van der Waals surface area contributed by atoms with E-state index in [9.17, 15) is 14.4 Å². The Bertz CT molecular complexity index is 1350. The minimum absolute atomic E-state index is 0.0872. The molecule has 0 aliphatic rings. The highest BCUT2D eigenvalue weighted by atomic mass is 16.6. The number of allylic oxidation sites excluding steroid dienone is 14. The molecule has 0 amide bonds. The number of carbonyl (C=O) groups excluding carboxylic acids is 3. The van der Waals surface area contributed by atoms with Crippen LogP contribution in [0.25, 0.3) is 0 Å². The van der Waals surface area contributed by atoms with Crippen molar-refractivity contribution in [2.24, 2.45) is 0 Å². The van der Waals surface area contributed by atoms with Gasteiger partial charge in [-0.05, 0) is 116 Å². The molecule has 402 valence electrons. The van der Waals surface area contributed by atoms with E-state index in [1.165, 1.54) is 135 Å². The third-order valence-electron chi connectivity index (χ3n) is 12.6. The number of hydrogen-bond donors (Lipinski definition) is 0. The molecule has 0 radical (unpaired) electrons. The van der Waals surface area contributed by atoms with Crippen LogP contribution in [0.2, 0.25) is 0 Å². The lowest BCUT2D eigenvalue weighted by atomic mass is 10.1. The number of ether oxygens (including phenoxy) is 3. The molecule has 0 aromatic rings. The molecule has 0 bridgehead atoms. The first kappa shape index (κ1) is 66.6. The smallest absolute Gasteiger partial charge is 0.306 e. The van der Waals surface area contributed by atoms with Gasteiger partial charge in [-0.15, -0.1) is 0 Å². The third kappa shape index (κ3) is 55.5. The van der Waals surface area contributed by atoms with Crippen molar-refractivity contribution in [3.63, 3.8) is 0 Å². The van der Waals surface area contributed by atoms with Crippen molar-refractivity contribution in [3.05, 3.63) is 85.1 Å². The molecular weight excluding hydrogens is 865 g/mol. The number of esters is 3. The van der Waals surface area contributed by atoms with Crippen LogP contribution in [0.4, 0.5) is 0 Å². The van der Waals surface area contributed by atoms with Crippen molar-refractivity contribution in [2.45, 2.75) is 290 Å². The first-order valence-corrected chi connectivity index (χ1v) is 29.6. The van der Waals surface area contributed by atoms with E-state index in [1.807, 2.05) is 0 Å². The molecule has 0 fully saturated rings. The average Bonchev–Trinajstić information content (AvgIpc) is 3.36. The maximum absolute atomic E-state index is 12.9. The average molecular weight is 976 g/mol. The lowest BCUT2D eigenvalue weighted by Crippen LogP contribution is -2.30. The molecule has 6 nitrogen and oxygen atoms in total. The normalized spacial score (nSPS) is 12.7. The summed E-state index contributed by atoms with van der Waals surface area (Å²) in [7, 11) is 0. The summed E-state index contributed by atoms with van der Waals surface area (Å²) in [6.45, 7) is 6.48. The van der Waals surface area contributed by atoms with Gasteiger partial charge in [-0.1, -0.05) is 234 Å². The molecule has 0 spiro atoms. The van der Waals surface area contributed by atoms with Gasteiger partial charge in [0.2, 0.25) is 0 Å². The molecule has 0 aromatic heterocycles. The Kier molecular flexibility index (Phi) is 55.3. The van der Waals surface area contributed by atoms with E-state index in [1.54, 1.807) is 0 Å². The first-order valence-electron chi connectivity index (χ1n) is 29.6. The van der Waals surface area contributed by atoms with E-state index in [0.717, 1.165) is 109 Å². The molecule has 0 aliphatic heterocycles. The molecule has 0 aliphatic carbocycles. The monoisotopic (exact) mass is 975 g/mol. The molecular formula is C64H110O6. The second-order valence-corrected chi connectivity index (χ2v) is 19.5. The summed E-state index contributed by atoms with van der Waals surface area (Å²) in [6.07, 6.45) is 75.7. The van der Waals surface area contributed by atoms with Crippen LogP contribution in [0.15, 0.2) is 85.1 Å². The molecule has 6 heteroatoms. The van der Waals surface area contributed by atoms with Crippen LogP contribution in [0.3, 0.4) is 0 Å². The minimum Gasteiger partial charge on any atom is -0.462 e. The van der Waals surface area contributed by atoms with Gasteiger partial charge in [0.25, 0.3) is 0 Å². The molecule has 1 atom stereocenters. The van der Waals surface area contributed by atoms with E-state index in [-0.39, 0.29) is 31.1 Å². The summed E-state index contributed by atoms with van der Waals surface area (Å²) in [5.74, 6) is -0.908. The van der Waals surface area contributed by atoms with E-state index in [2.05, 4.69) is 106 Å². The topological polar surface area (TPSA) is 78.9 Å². The number of carbonyl (C=O) groups is 3. The molecule has 0 saturated carbocycles. The maximum Gasteiger partial charge on any atom is 0.306 e. The molecule has 0 aromatic carbocycles. The maximum atomic E-state index is 12.9. The predicted octanol–water partition coefficient (Wildman–Crippen LogP) is 19.9. The summed E-state index contributed by atoms with van der Waals surface area (Å²) in [4.78, 5) is 38.2. The Labute approximate surface area is 433 Å². The van der Waals surface area contributed by atoms with E-state index >= 15 is 0 Å². The summed E-state index contributed by atoms with van der Waals surface area (Å²) in [5.41, 5.74) is 0. The Balaban J connectivity index is 4.42. The van der Waals surface area contributed by atoms with Gasteiger partial charge in [0.1, 0.15) is 13.2 Å². The summed E-state index contributed by atoms with van der Waals surface area (Å²) < 4.78 is 16.9. The zero-order chi connectivity index (χ0) is 50.7. The highest BCUT2D eigenvalue weighted by Crippen LogP contribution is 2.15. The number of rotatable bonds is 53. The van der Waals surface area contributed by atoms with Gasteiger partial charge in [0, 0.05) is 19.3 Å². The second-order valence-electron chi connectivity index (χ2n) is 19.5. The van der Waals surface area contributed by atoms with Crippen molar-refractivity contribution in [1.82, 2.24) is 0 Å². The summed E-state index contributed by atoms with van der Waals surface area (Å²) in [6, 6.07) is 0. The van der Waals surface area contributed by atoms with Crippen molar-refractivity contribution in [2.75, 3.05) is 13.2 Å². The van der Waals surface area contributed by atoms with Crippen LogP contribution in [0.1, 0.15) is 284 Å². The molecule has 0 saturated heterocycles. The van der Waals surface area contributed by atoms with Gasteiger partial charge in [-0.3, -0.25) is 14.4 Å². The van der Waals surface area contributed by atoms with Gasteiger partial charge >= 0.3 is 17.9 Å². The van der Waals surface area contributed by atoms with Gasteiger partial charge in [0.05, 0.1) is 0 Å². The second kappa shape index (κ2) is 58.2. The predicted molar refractivity (Wildman–Crippen MR) is 302 cm³/mol. The fourth-order valence-corrected chi connectivity index (χ4v) is 8.16. The first-order chi connectivity index (χ1) is 34.5. The van der Waals surface area contributed by atoms with Crippen molar-refractivity contribution in [3.8, 4) is 0 Å². The zero-order valence-electron chi connectivity index (χ0n) is 46.0. The number of unbranched alkanes of at least 4 members (excludes halogenated alkanes) is 28. The number of hydrogen-bond acceptors (Lipinski definition) is 6. The highest BCUT2D eigenvalue weighted by Gasteiger charge is 2.19. The quantitative estimate of drug-likeness (QED) is 0.0261. The standard InChI is InChI=1S/C64H110O6/c1-4-7-10-13-16-19-22-25-28-31-32-34-36-39-42-45-48-51-54-57-63(66)69-60-61(59-68-62(65)56-53-50-47-44-41-38-35-30-27-24-21-18-15-12-9-6-3)70-64(67)58-55-52-49-46-43-40-37-33-29-26-23-20-17-14-11-8-5-2/h8,11,16-17,19-21,24-26,28-30,35,61H,4-7,9-10,12-15,18,22-23,27,31-34,36-60H2,1-3H3/b11-8-,19-16-,20-17-,24-21-,28-25-,29-26-,35-30-.